The van der Waals surface area contributed by atoms with Crippen LogP contribution in [0.1, 0.15) is 112 Å². The molecule has 4 N–H and O–H groups in total. The van der Waals surface area contributed by atoms with E-state index >= 15 is 0 Å². The van der Waals surface area contributed by atoms with Gasteiger partial charge in [-0.25, -0.2) is 4.79 Å². The number of aliphatic hydroxyl groups is 3. The van der Waals surface area contributed by atoms with Crippen molar-refractivity contribution >= 4 is 29.8 Å². The second-order valence-corrected chi connectivity index (χ2v) is 18.3. The van der Waals surface area contributed by atoms with Gasteiger partial charge in [0.15, 0.2) is 6.10 Å². The highest BCUT2D eigenvalue weighted by atomic mass is 16.6. The number of piperazine rings is 1. The minimum Gasteiger partial charge on any atom is -0.481 e. The van der Waals surface area contributed by atoms with Crippen molar-refractivity contribution in [3.05, 3.63) is 48.1 Å². The molecule has 11 atom stereocenters. The Morgan fingerprint density at radius 3 is 2.41 bits per heavy atom. The smallest absolute Gasteiger partial charge is 0.410 e. The number of esters is 1. The van der Waals surface area contributed by atoms with Crippen molar-refractivity contribution in [1.82, 2.24) is 14.7 Å². The van der Waals surface area contributed by atoms with Gasteiger partial charge in [-0.2, -0.15) is 0 Å². The summed E-state index contributed by atoms with van der Waals surface area (Å²) in [6.45, 7) is 13.3. The predicted molar refractivity (Wildman–Crippen MR) is 234 cm³/mol. The number of amides is 3. The summed E-state index contributed by atoms with van der Waals surface area (Å²) in [4.78, 5) is 67.4. The summed E-state index contributed by atoms with van der Waals surface area (Å²) in [5, 5.41) is 41.8. The number of aliphatic hydroxyl groups excluding tert-OH is 2. The molecular formula is C47H73N3O13. The summed E-state index contributed by atoms with van der Waals surface area (Å²) >= 11 is 0. The first-order chi connectivity index (χ1) is 29.8. The highest BCUT2D eigenvalue weighted by molar-refractivity contribution is 6.12. The number of epoxide rings is 1. The van der Waals surface area contributed by atoms with Crippen LogP contribution in [0.2, 0.25) is 0 Å². The van der Waals surface area contributed by atoms with Crippen LogP contribution < -0.4 is 0 Å². The Morgan fingerprint density at radius 1 is 1.08 bits per heavy atom. The highest BCUT2D eigenvalue weighted by Gasteiger charge is 2.47. The number of carbonyl (C=O) groups excluding carboxylic acids is 4. The number of imide groups is 1. The molecule has 0 aromatic heterocycles. The molecule has 0 saturated carbocycles. The third kappa shape index (κ3) is 15.6. The van der Waals surface area contributed by atoms with Gasteiger partial charge >= 0.3 is 18.0 Å². The molecule has 354 valence electrons. The van der Waals surface area contributed by atoms with Gasteiger partial charge in [0.1, 0.15) is 11.7 Å². The molecule has 4 aliphatic rings. The highest BCUT2D eigenvalue weighted by Crippen LogP contribution is 2.38. The number of hydrogen-bond acceptors (Lipinski definition) is 13. The third-order valence-corrected chi connectivity index (χ3v) is 13.1. The van der Waals surface area contributed by atoms with E-state index in [1.54, 1.807) is 43.1 Å². The van der Waals surface area contributed by atoms with Gasteiger partial charge in [0.2, 0.25) is 0 Å². The van der Waals surface area contributed by atoms with E-state index in [9.17, 15) is 44.4 Å². The van der Waals surface area contributed by atoms with Crippen molar-refractivity contribution < 1.29 is 63.3 Å². The lowest BCUT2D eigenvalue weighted by Crippen LogP contribution is -2.56. The van der Waals surface area contributed by atoms with Crippen LogP contribution in [0.5, 0.6) is 0 Å². The molecule has 0 bridgehead atoms. The molecule has 2 saturated heterocycles. The van der Waals surface area contributed by atoms with Crippen LogP contribution in [0, 0.1) is 11.8 Å². The van der Waals surface area contributed by atoms with Crippen LogP contribution in [0.25, 0.3) is 0 Å². The number of cyclic esters (lactones) is 1. The summed E-state index contributed by atoms with van der Waals surface area (Å²) in [5.41, 5.74) is -1.60. The Morgan fingerprint density at radius 2 is 1.76 bits per heavy atom. The predicted octanol–water partition coefficient (Wildman–Crippen LogP) is 4.70. The Labute approximate surface area is 372 Å². The number of ether oxygens (including phenoxy) is 4. The van der Waals surface area contributed by atoms with Gasteiger partial charge in [-0.1, -0.05) is 57.9 Å². The topological polar surface area (TPSA) is 216 Å². The van der Waals surface area contributed by atoms with Gasteiger partial charge in [0.05, 0.1) is 36.4 Å². The first-order valence-electron chi connectivity index (χ1n) is 22.7. The zero-order valence-corrected chi connectivity index (χ0v) is 38.4. The van der Waals surface area contributed by atoms with Gasteiger partial charge in [-0.05, 0) is 77.5 Å². The maximum absolute atomic E-state index is 14.0. The van der Waals surface area contributed by atoms with Gasteiger partial charge in [-0.15, -0.1) is 0 Å². The average molecular weight is 888 g/mol. The van der Waals surface area contributed by atoms with Crippen LogP contribution in [0.3, 0.4) is 0 Å². The Kier molecular flexibility index (Phi) is 19.6. The van der Waals surface area contributed by atoms with Crippen molar-refractivity contribution in [2.45, 2.75) is 166 Å². The Hall–Kier alpha value is -3.93. The first kappa shape index (κ1) is 51.7. The summed E-state index contributed by atoms with van der Waals surface area (Å²) in [6, 6.07) is -0.213. The van der Waals surface area contributed by atoms with E-state index in [-0.39, 0.29) is 68.2 Å². The maximum atomic E-state index is 14.0. The SMILES string of the molecule is CC[C@H](O)[C@@H](C)[C@H]1O[C@@H]1C[C@@](C)(O)/C=C/C=C(\C)[C@H]1OC(=O)C[C@H](O)CC[C@@](C)(OC)[C@@H](OC(=O)N2CCN(CCCCCCN3C(=O)C=CC3=O)[C@H](CCC(=O)O)C2)/C=C/[C@@H]1C. The second kappa shape index (κ2) is 23.8. The van der Waals surface area contributed by atoms with Crippen LogP contribution >= 0.6 is 0 Å². The molecule has 0 radical (unpaired) electrons. The maximum Gasteiger partial charge on any atom is 0.410 e. The number of aliphatic carboxylic acids is 1. The molecule has 0 spiro atoms. The Balaban J connectivity index is 1.42. The normalized spacial score (nSPS) is 31.2. The van der Waals surface area contributed by atoms with Crippen molar-refractivity contribution in [1.29, 1.82) is 0 Å². The van der Waals surface area contributed by atoms with Gasteiger partial charge in [-0.3, -0.25) is 29.0 Å². The molecule has 4 rings (SSSR count). The molecule has 4 aliphatic heterocycles. The fourth-order valence-corrected chi connectivity index (χ4v) is 8.70. The molecule has 63 heavy (non-hydrogen) atoms. The van der Waals surface area contributed by atoms with Crippen molar-refractivity contribution in [3.63, 3.8) is 0 Å². The van der Waals surface area contributed by atoms with E-state index in [1.165, 1.54) is 24.2 Å². The van der Waals surface area contributed by atoms with Crippen LogP contribution in [0.4, 0.5) is 4.79 Å². The summed E-state index contributed by atoms with van der Waals surface area (Å²) in [6.07, 6.45) is 11.9. The lowest BCUT2D eigenvalue weighted by Gasteiger charge is -2.42. The second-order valence-electron chi connectivity index (χ2n) is 18.3. The molecule has 3 amide bonds. The molecule has 2 fully saturated rings. The number of carboxylic acid groups (broad SMARTS) is 1. The number of hydrogen-bond donors (Lipinski definition) is 4. The number of carboxylic acids is 1. The van der Waals surface area contributed by atoms with Crippen LogP contribution in [-0.2, 0) is 38.1 Å². The van der Waals surface area contributed by atoms with Crippen LogP contribution in [0.15, 0.2) is 48.1 Å². The molecule has 16 heteroatoms. The summed E-state index contributed by atoms with van der Waals surface area (Å²) < 4.78 is 23.9. The summed E-state index contributed by atoms with van der Waals surface area (Å²) in [5.74, 6) is -2.52. The lowest BCUT2D eigenvalue weighted by atomic mass is 9.88. The third-order valence-electron chi connectivity index (χ3n) is 13.1. The monoisotopic (exact) mass is 888 g/mol. The number of methoxy groups -OCH3 is 1. The number of carbonyl (C=O) groups is 5. The van der Waals surface area contributed by atoms with E-state index in [0.29, 0.717) is 57.4 Å². The van der Waals surface area contributed by atoms with E-state index in [1.807, 2.05) is 33.8 Å². The Bertz CT molecular complexity index is 1680. The van der Waals surface area contributed by atoms with Crippen LogP contribution in [-0.4, -0.2) is 159 Å². The van der Waals surface area contributed by atoms with Crippen molar-refractivity contribution in [2.75, 3.05) is 39.8 Å². The quantitative estimate of drug-likeness (QED) is 0.0326. The zero-order chi connectivity index (χ0) is 46.5. The molecule has 0 aliphatic carbocycles. The number of nitrogens with zero attached hydrogens (tertiary/aromatic N) is 3. The molecule has 0 unspecified atom stereocenters. The number of rotatable bonds is 20. The van der Waals surface area contributed by atoms with Gasteiger partial charge < -0.3 is 44.3 Å². The fraction of sp³-hybridized carbons (Fsp3) is 0.723. The van der Waals surface area contributed by atoms with E-state index in [4.69, 9.17) is 18.9 Å². The minimum absolute atomic E-state index is 0.0401. The number of allylic oxidation sites excluding steroid dienone is 2. The van der Waals surface area contributed by atoms with Crippen molar-refractivity contribution in [3.8, 4) is 0 Å². The summed E-state index contributed by atoms with van der Waals surface area (Å²) in [7, 11) is 1.51. The van der Waals surface area contributed by atoms with E-state index in [2.05, 4.69) is 4.90 Å². The minimum atomic E-state index is -1.20. The molecule has 16 nitrogen and oxygen atoms in total. The van der Waals surface area contributed by atoms with E-state index in [0.717, 1.165) is 19.3 Å². The first-order valence-corrected chi connectivity index (χ1v) is 22.7. The average Bonchev–Trinajstić information content (AvgIpc) is 3.92. The molecule has 0 aromatic carbocycles. The van der Waals surface area contributed by atoms with Crippen molar-refractivity contribution in [2.24, 2.45) is 11.8 Å². The molecule has 0 aromatic rings. The van der Waals surface area contributed by atoms with Gasteiger partial charge in [0.25, 0.3) is 11.8 Å². The molecule has 4 heterocycles. The lowest BCUT2D eigenvalue weighted by molar-refractivity contribution is -0.151. The number of unbranched alkanes of at least 4 members (excludes halogenated alkanes) is 3. The standard InChI is InChI=1S/C47H73N3O13/c1-8-36(52)33(4)44-37(61-44)29-46(5,59)22-13-14-31(2)43-32(3)15-17-38(47(6,60-7)23-21-35(51)28-42(57)63-43)62-45(58)49-27-26-48(34(30-49)16-20-41(55)56)24-11-9-10-12-25-50-39(53)18-19-40(50)54/h13-15,17-19,22,32-38,43-44,51-52,59H,8-12,16,20-21,23-30H2,1-7H3,(H,55,56)/b17-15+,22-13+,31-14+/t32-,33+,34+,35+,36-,37+,38-,43+,44+,46-,47+/m0/s1. The molecular weight excluding hydrogens is 815 g/mol. The van der Waals surface area contributed by atoms with Gasteiger partial charge in [0, 0.05) is 76.2 Å². The fourth-order valence-electron chi connectivity index (χ4n) is 8.70. The van der Waals surface area contributed by atoms with E-state index < -0.39 is 59.6 Å². The zero-order valence-electron chi connectivity index (χ0n) is 38.4. The largest absolute Gasteiger partial charge is 0.481 e.